The molecule has 34 heavy (non-hydrogen) atoms. The van der Waals surface area contributed by atoms with Crippen molar-refractivity contribution < 1.29 is 27.4 Å². The molecule has 0 bridgehead atoms. The Balaban J connectivity index is 1.45. The second-order valence-corrected chi connectivity index (χ2v) is 10.3. The number of hydrogen-bond donors (Lipinski definition) is 2. The summed E-state index contributed by atoms with van der Waals surface area (Å²) < 4.78 is 52.6. The van der Waals surface area contributed by atoms with E-state index in [4.69, 9.17) is 9.47 Å². The van der Waals surface area contributed by atoms with Crippen LogP contribution in [0.1, 0.15) is 25.3 Å². The van der Waals surface area contributed by atoms with Crippen molar-refractivity contribution in [3.63, 3.8) is 0 Å². The molecule has 11 nitrogen and oxygen atoms in total. The molecule has 0 aliphatic carbocycles. The van der Waals surface area contributed by atoms with E-state index in [1.165, 1.54) is 18.5 Å². The van der Waals surface area contributed by atoms with Crippen molar-refractivity contribution in [2.75, 3.05) is 31.6 Å². The summed E-state index contributed by atoms with van der Waals surface area (Å²) in [4.78, 5) is 12.2. The number of anilines is 1. The molecule has 0 amide bonds. The summed E-state index contributed by atoms with van der Waals surface area (Å²) in [6, 6.07) is 5.73. The van der Waals surface area contributed by atoms with Gasteiger partial charge in [0.05, 0.1) is 25.5 Å². The molecule has 4 heterocycles. The van der Waals surface area contributed by atoms with Gasteiger partial charge in [0.15, 0.2) is 5.03 Å². The number of nitrogens with one attached hydrogen (secondary N) is 1. The Kier molecular flexibility index (Phi) is 6.94. The normalized spacial score (nSPS) is 28.1. The van der Waals surface area contributed by atoms with Gasteiger partial charge in [-0.3, -0.25) is 0 Å². The molecule has 2 saturated heterocycles. The minimum absolute atomic E-state index is 0.0299. The molecule has 0 spiro atoms. The van der Waals surface area contributed by atoms with Gasteiger partial charge >= 0.3 is 0 Å². The fourth-order valence-corrected chi connectivity index (χ4v) is 5.25. The SMILES string of the molecule is CC1(O)COCCC1Oc1nc(N[C@@H]2CCN(S(=O)(=O)c3ccccn3)C[C@H]2F)ncc1C#N. The van der Waals surface area contributed by atoms with Crippen molar-refractivity contribution in [3.8, 4) is 11.9 Å². The van der Waals surface area contributed by atoms with Crippen LogP contribution in [0.5, 0.6) is 5.88 Å². The van der Waals surface area contributed by atoms with Crippen molar-refractivity contribution in [1.29, 1.82) is 5.26 Å². The minimum atomic E-state index is -3.90. The number of rotatable bonds is 6. The third-order valence-electron chi connectivity index (χ3n) is 5.80. The van der Waals surface area contributed by atoms with Crippen LogP contribution in [-0.4, -0.2) is 83.0 Å². The van der Waals surface area contributed by atoms with Gasteiger partial charge in [-0.05, 0) is 25.5 Å². The van der Waals surface area contributed by atoms with Crippen molar-refractivity contribution in [3.05, 3.63) is 36.2 Å². The van der Waals surface area contributed by atoms with E-state index in [2.05, 4.69) is 20.3 Å². The van der Waals surface area contributed by atoms with Crippen LogP contribution in [-0.2, 0) is 14.8 Å². The maximum atomic E-state index is 15.0. The molecule has 4 atom stereocenters. The van der Waals surface area contributed by atoms with Crippen LogP contribution >= 0.6 is 0 Å². The Morgan fingerprint density at radius 3 is 2.88 bits per heavy atom. The topological polar surface area (TPSA) is 151 Å². The molecule has 2 aromatic heterocycles. The molecule has 0 radical (unpaired) electrons. The molecule has 2 aromatic rings. The van der Waals surface area contributed by atoms with Gasteiger partial charge in [-0.1, -0.05) is 6.07 Å². The van der Waals surface area contributed by atoms with Gasteiger partial charge in [0.2, 0.25) is 11.8 Å². The summed E-state index contributed by atoms with van der Waals surface area (Å²) in [5, 5.41) is 22.6. The van der Waals surface area contributed by atoms with E-state index in [-0.39, 0.29) is 48.5 Å². The fourth-order valence-electron chi connectivity index (χ4n) is 3.85. The number of halogens is 1. The average molecular weight is 493 g/mol. The lowest BCUT2D eigenvalue weighted by atomic mass is 9.95. The molecule has 2 aliphatic rings. The van der Waals surface area contributed by atoms with Crippen molar-refractivity contribution >= 4 is 16.0 Å². The Bertz CT molecular complexity index is 1160. The Hall–Kier alpha value is -2.92. The molecule has 0 saturated carbocycles. The number of aromatic nitrogens is 3. The highest BCUT2D eigenvalue weighted by molar-refractivity contribution is 7.89. The van der Waals surface area contributed by atoms with E-state index in [1.807, 2.05) is 6.07 Å². The molecular formula is C21H25FN6O5S. The van der Waals surface area contributed by atoms with E-state index in [0.717, 1.165) is 4.31 Å². The highest BCUT2D eigenvalue weighted by Crippen LogP contribution is 2.27. The summed E-state index contributed by atoms with van der Waals surface area (Å²) in [7, 11) is -3.90. The van der Waals surface area contributed by atoms with Crippen molar-refractivity contribution in [2.45, 2.75) is 48.7 Å². The summed E-state index contributed by atoms with van der Waals surface area (Å²) in [6.07, 6.45) is 1.02. The number of nitrogens with zero attached hydrogens (tertiary/aromatic N) is 5. The molecule has 2 unspecified atom stereocenters. The summed E-state index contributed by atoms with van der Waals surface area (Å²) >= 11 is 0. The highest BCUT2D eigenvalue weighted by atomic mass is 32.2. The van der Waals surface area contributed by atoms with Gasteiger partial charge in [0.1, 0.15) is 29.5 Å². The molecule has 182 valence electrons. The smallest absolute Gasteiger partial charge is 0.260 e. The number of ether oxygens (including phenoxy) is 2. The summed E-state index contributed by atoms with van der Waals surface area (Å²) in [6.45, 7) is 1.79. The van der Waals surface area contributed by atoms with E-state index in [0.29, 0.717) is 13.0 Å². The van der Waals surface area contributed by atoms with Gasteiger partial charge in [0, 0.05) is 25.7 Å². The molecule has 2 fully saturated rings. The number of aliphatic hydroxyl groups is 1. The minimum Gasteiger partial charge on any atom is -0.470 e. The number of hydrogen-bond acceptors (Lipinski definition) is 10. The highest BCUT2D eigenvalue weighted by Gasteiger charge is 2.39. The zero-order valence-corrected chi connectivity index (χ0v) is 19.3. The Morgan fingerprint density at radius 1 is 1.38 bits per heavy atom. The standard InChI is InChI=1S/C21H25FN6O5S/c1-21(29)13-32-9-6-17(21)33-19-14(10-23)11-25-20(27-19)26-16-5-8-28(12-15(16)22)34(30,31)18-4-2-3-7-24-18/h2-4,7,11,15-17,29H,5-6,8-9,12-13H2,1H3,(H,25,26,27)/t15-,16-,17?,21?/m1/s1. The van der Waals surface area contributed by atoms with Crippen LogP contribution in [0.15, 0.2) is 35.6 Å². The van der Waals surface area contributed by atoms with Gasteiger partial charge in [-0.15, -0.1) is 0 Å². The van der Waals surface area contributed by atoms with Gasteiger partial charge in [-0.25, -0.2) is 22.8 Å². The van der Waals surface area contributed by atoms with Crippen LogP contribution in [0.3, 0.4) is 0 Å². The van der Waals surface area contributed by atoms with E-state index >= 15 is 0 Å². The molecular weight excluding hydrogens is 467 g/mol. The first-order valence-electron chi connectivity index (χ1n) is 10.8. The Labute approximate surface area is 196 Å². The van der Waals surface area contributed by atoms with Crippen LogP contribution in [0.2, 0.25) is 0 Å². The number of alkyl halides is 1. The number of nitriles is 1. The van der Waals surface area contributed by atoms with Crippen LogP contribution in [0.4, 0.5) is 10.3 Å². The zero-order chi connectivity index (χ0) is 24.3. The zero-order valence-electron chi connectivity index (χ0n) is 18.5. The van der Waals surface area contributed by atoms with Crippen LogP contribution < -0.4 is 10.1 Å². The van der Waals surface area contributed by atoms with E-state index in [1.54, 1.807) is 19.1 Å². The Morgan fingerprint density at radius 2 is 2.21 bits per heavy atom. The first kappa shape index (κ1) is 24.2. The predicted molar refractivity (Wildman–Crippen MR) is 117 cm³/mol. The van der Waals surface area contributed by atoms with Gasteiger partial charge < -0.3 is 19.9 Å². The third-order valence-corrected chi connectivity index (χ3v) is 7.58. The van der Waals surface area contributed by atoms with Crippen molar-refractivity contribution in [2.24, 2.45) is 0 Å². The molecule has 4 rings (SSSR count). The summed E-state index contributed by atoms with van der Waals surface area (Å²) in [5.41, 5.74) is -1.19. The van der Waals surface area contributed by atoms with Gasteiger partial charge in [-0.2, -0.15) is 14.6 Å². The molecule has 13 heteroatoms. The quantitative estimate of drug-likeness (QED) is 0.594. The molecule has 2 aliphatic heterocycles. The van der Waals surface area contributed by atoms with Crippen LogP contribution in [0, 0.1) is 11.3 Å². The predicted octanol–water partition coefficient (Wildman–Crippen LogP) is 0.875. The fraction of sp³-hybridized carbons (Fsp3) is 0.524. The first-order valence-corrected chi connectivity index (χ1v) is 12.2. The monoisotopic (exact) mass is 492 g/mol. The van der Waals surface area contributed by atoms with Crippen LogP contribution in [0.25, 0.3) is 0 Å². The number of sulfonamides is 1. The van der Waals surface area contributed by atoms with E-state index in [9.17, 15) is 23.2 Å². The lowest BCUT2D eigenvalue weighted by Gasteiger charge is -2.36. The second kappa shape index (κ2) is 9.75. The lowest BCUT2D eigenvalue weighted by molar-refractivity contribution is -0.139. The second-order valence-electron chi connectivity index (χ2n) is 8.42. The van der Waals surface area contributed by atoms with Crippen molar-refractivity contribution in [1.82, 2.24) is 19.3 Å². The maximum Gasteiger partial charge on any atom is 0.260 e. The van der Waals surface area contributed by atoms with E-state index < -0.39 is 33.9 Å². The lowest BCUT2D eigenvalue weighted by Crippen LogP contribution is -2.51. The molecule has 2 N–H and O–H groups in total. The number of pyridine rings is 1. The summed E-state index contributed by atoms with van der Waals surface area (Å²) in [5.74, 6) is 0.00661. The van der Waals surface area contributed by atoms with Gasteiger partial charge in [0.25, 0.3) is 10.0 Å². The average Bonchev–Trinajstić information content (AvgIpc) is 2.82. The molecule has 0 aromatic carbocycles. The largest absolute Gasteiger partial charge is 0.470 e. The number of piperidine rings is 1. The maximum absolute atomic E-state index is 15.0. The first-order chi connectivity index (χ1) is 16.2. The third kappa shape index (κ3) is 5.10.